The van der Waals surface area contributed by atoms with Crippen molar-refractivity contribution >= 4 is 11.7 Å². The molecular weight excluding hydrogens is 262 g/mol. The summed E-state index contributed by atoms with van der Waals surface area (Å²) in [4.78, 5) is 26.9. The number of carbonyl (C=O) groups excluding carboxylic acids is 2. The summed E-state index contributed by atoms with van der Waals surface area (Å²) in [6.07, 6.45) is 0.544. The third kappa shape index (κ3) is 1.38. The van der Waals surface area contributed by atoms with Crippen LogP contribution in [-0.2, 0) is 10.3 Å². The number of hydrogen-bond donors (Lipinski definition) is 0. The van der Waals surface area contributed by atoms with Crippen LogP contribution in [0.3, 0.4) is 0 Å². The van der Waals surface area contributed by atoms with Crippen LogP contribution in [0.4, 0.5) is 0 Å². The van der Waals surface area contributed by atoms with Gasteiger partial charge in [0.05, 0.1) is 5.54 Å². The molecule has 21 heavy (non-hydrogen) atoms. The average molecular weight is 277 g/mol. The molecule has 2 atom stereocenters. The lowest BCUT2D eigenvalue weighted by Gasteiger charge is -2.39. The molecule has 0 radical (unpaired) electrons. The van der Waals surface area contributed by atoms with E-state index in [1.165, 1.54) is 0 Å². The molecule has 2 aromatic rings. The van der Waals surface area contributed by atoms with E-state index < -0.39 is 11.5 Å². The summed E-state index contributed by atoms with van der Waals surface area (Å²) in [6.45, 7) is 0. The van der Waals surface area contributed by atoms with Gasteiger partial charge in [0.25, 0.3) is 0 Å². The Labute approximate surface area is 123 Å². The van der Waals surface area contributed by atoms with Gasteiger partial charge in [-0.2, -0.15) is 0 Å². The molecule has 3 heteroatoms. The van der Waals surface area contributed by atoms with Crippen LogP contribution < -0.4 is 0 Å². The molecular formula is C18H15NO2. The van der Waals surface area contributed by atoms with Crippen molar-refractivity contribution in [1.29, 1.82) is 0 Å². The summed E-state index contributed by atoms with van der Waals surface area (Å²) in [7, 11) is 1.81. The molecule has 104 valence electrons. The number of hydrogen-bond acceptors (Lipinski definition) is 2. The molecule has 3 nitrogen and oxygen atoms in total. The summed E-state index contributed by atoms with van der Waals surface area (Å²) in [5.41, 5.74) is 2.21. The number of fused-ring (bicyclic) bond motifs is 4. The molecule has 0 aromatic heterocycles. The number of benzene rings is 2. The van der Waals surface area contributed by atoms with Crippen molar-refractivity contribution in [3.05, 3.63) is 71.3 Å². The predicted molar refractivity (Wildman–Crippen MR) is 78.9 cm³/mol. The largest absolute Gasteiger partial charge is 0.331 e. The highest BCUT2D eigenvalue weighted by Gasteiger charge is 2.58. The summed E-state index contributed by atoms with van der Waals surface area (Å²) in [6, 6.07) is 17.6. The minimum absolute atomic E-state index is 0.0356. The van der Waals surface area contributed by atoms with Crippen LogP contribution in [-0.4, -0.2) is 23.6 Å². The van der Waals surface area contributed by atoms with E-state index in [0.29, 0.717) is 12.0 Å². The maximum absolute atomic E-state index is 12.6. The fraction of sp³-hybridized carbons (Fsp3) is 0.222. The third-order valence-corrected chi connectivity index (χ3v) is 4.91. The lowest BCUT2D eigenvalue weighted by Crippen LogP contribution is -2.42. The molecule has 1 aliphatic carbocycles. The van der Waals surface area contributed by atoms with Crippen LogP contribution in [0.15, 0.2) is 54.6 Å². The summed E-state index contributed by atoms with van der Waals surface area (Å²) < 4.78 is 0. The molecule has 1 aliphatic heterocycles. The number of Topliss-reactive ketones (excluding diaryl/α,β-unsaturated/α-hetero) is 1. The maximum atomic E-state index is 12.6. The standard InChI is InChI=1S/C18H15NO2/c1-19-17(21)14-11-18(19,12-7-3-2-4-8-12)15-10-6-5-9-13(15)16(14)20/h2-10,14H,11H2,1H3/t14-,18-/m1/s1. The topological polar surface area (TPSA) is 37.4 Å². The number of nitrogens with zero attached hydrogens (tertiary/aromatic N) is 1. The zero-order valence-corrected chi connectivity index (χ0v) is 11.7. The fourth-order valence-corrected chi connectivity index (χ4v) is 3.86. The number of rotatable bonds is 1. The van der Waals surface area contributed by atoms with Crippen molar-refractivity contribution < 1.29 is 9.59 Å². The van der Waals surface area contributed by atoms with E-state index in [4.69, 9.17) is 0 Å². The second-order valence-corrected chi connectivity index (χ2v) is 5.79. The molecule has 0 saturated carbocycles. The smallest absolute Gasteiger partial charge is 0.234 e. The van der Waals surface area contributed by atoms with Gasteiger partial charge in [-0.25, -0.2) is 0 Å². The van der Waals surface area contributed by atoms with Crippen LogP contribution in [0.5, 0.6) is 0 Å². The van der Waals surface area contributed by atoms with Gasteiger partial charge in [0.1, 0.15) is 5.92 Å². The molecule has 1 saturated heterocycles. The fourth-order valence-electron chi connectivity index (χ4n) is 3.86. The van der Waals surface area contributed by atoms with Gasteiger partial charge in [0.2, 0.25) is 5.91 Å². The van der Waals surface area contributed by atoms with Crippen LogP contribution in [0.25, 0.3) is 0 Å². The van der Waals surface area contributed by atoms with Crippen LogP contribution >= 0.6 is 0 Å². The van der Waals surface area contributed by atoms with Crippen molar-refractivity contribution in [3.8, 4) is 0 Å². The van der Waals surface area contributed by atoms with E-state index in [2.05, 4.69) is 0 Å². The molecule has 0 N–H and O–H groups in total. The van der Waals surface area contributed by atoms with E-state index >= 15 is 0 Å². The number of amides is 1. The van der Waals surface area contributed by atoms with Gasteiger partial charge in [-0.15, -0.1) is 0 Å². The first-order valence-electron chi connectivity index (χ1n) is 7.13. The summed E-state index contributed by atoms with van der Waals surface area (Å²) in [5.74, 6) is -0.642. The van der Waals surface area contributed by atoms with Gasteiger partial charge < -0.3 is 4.90 Å². The van der Waals surface area contributed by atoms with E-state index in [9.17, 15) is 9.59 Å². The molecule has 1 fully saturated rings. The third-order valence-electron chi connectivity index (χ3n) is 4.91. The highest BCUT2D eigenvalue weighted by atomic mass is 16.2. The molecule has 0 spiro atoms. The number of carbonyl (C=O) groups is 2. The van der Waals surface area contributed by atoms with Gasteiger partial charge in [-0.05, 0) is 17.5 Å². The number of ketones is 1. The molecule has 2 bridgehead atoms. The Morgan fingerprint density at radius 1 is 1.00 bits per heavy atom. The van der Waals surface area contributed by atoms with Gasteiger partial charge in [-0.3, -0.25) is 9.59 Å². The van der Waals surface area contributed by atoms with Gasteiger partial charge in [-0.1, -0.05) is 54.6 Å². The lowest BCUT2D eigenvalue weighted by atomic mass is 9.71. The lowest BCUT2D eigenvalue weighted by molar-refractivity contribution is -0.130. The average Bonchev–Trinajstić information content (AvgIpc) is 2.78. The Kier molecular flexibility index (Phi) is 2.37. The second kappa shape index (κ2) is 4.04. The second-order valence-electron chi connectivity index (χ2n) is 5.79. The molecule has 1 heterocycles. The number of likely N-dealkylation sites (tertiary alicyclic amines) is 1. The maximum Gasteiger partial charge on any atom is 0.234 e. The van der Waals surface area contributed by atoms with Crippen LogP contribution in [0.1, 0.15) is 27.9 Å². The summed E-state index contributed by atoms with van der Waals surface area (Å²) in [5, 5.41) is 0. The highest BCUT2D eigenvalue weighted by molar-refractivity contribution is 6.14. The monoisotopic (exact) mass is 277 g/mol. The van der Waals surface area contributed by atoms with Gasteiger partial charge in [0.15, 0.2) is 5.78 Å². The van der Waals surface area contributed by atoms with Crippen molar-refractivity contribution in [3.63, 3.8) is 0 Å². The van der Waals surface area contributed by atoms with Gasteiger partial charge >= 0.3 is 0 Å². The zero-order chi connectivity index (χ0) is 14.6. The van der Waals surface area contributed by atoms with Crippen molar-refractivity contribution in [2.45, 2.75) is 12.0 Å². The first-order chi connectivity index (χ1) is 10.2. The van der Waals surface area contributed by atoms with Crippen molar-refractivity contribution in [2.24, 2.45) is 5.92 Å². The first kappa shape index (κ1) is 12.3. The van der Waals surface area contributed by atoms with Crippen molar-refractivity contribution in [1.82, 2.24) is 4.90 Å². The molecule has 0 unspecified atom stereocenters. The Morgan fingerprint density at radius 3 is 2.43 bits per heavy atom. The van der Waals surface area contributed by atoms with Gasteiger partial charge in [0, 0.05) is 12.6 Å². The summed E-state index contributed by atoms with van der Waals surface area (Å²) >= 11 is 0. The van der Waals surface area contributed by atoms with Crippen LogP contribution in [0, 0.1) is 5.92 Å². The Balaban J connectivity index is 2.07. The molecule has 1 amide bonds. The zero-order valence-electron chi connectivity index (χ0n) is 11.7. The van der Waals surface area contributed by atoms with E-state index in [1.807, 2.05) is 61.6 Å². The minimum Gasteiger partial charge on any atom is -0.331 e. The van der Waals surface area contributed by atoms with E-state index in [1.54, 1.807) is 4.90 Å². The Bertz CT molecular complexity index is 753. The quantitative estimate of drug-likeness (QED) is 0.751. The normalized spacial score (nSPS) is 26.9. The minimum atomic E-state index is -0.537. The SMILES string of the molecule is CN1C(=O)[C@@H]2C[C@@]1(c1ccccc1)c1ccccc1C2=O. The molecule has 2 aromatic carbocycles. The predicted octanol–water partition coefficient (Wildman–Crippen LogP) is 2.60. The first-order valence-corrected chi connectivity index (χ1v) is 7.13. The Morgan fingerprint density at radius 2 is 1.67 bits per heavy atom. The highest BCUT2D eigenvalue weighted by Crippen LogP contribution is 2.51. The molecule has 4 rings (SSSR count). The molecule has 2 aliphatic rings. The Hall–Kier alpha value is -2.42. The van der Waals surface area contributed by atoms with E-state index in [0.717, 1.165) is 11.1 Å². The van der Waals surface area contributed by atoms with Crippen molar-refractivity contribution in [2.75, 3.05) is 7.05 Å². The van der Waals surface area contributed by atoms with Crippen LogP contribution in [0.2, 0.25) is 0 Å². The van der Waals surface area contributed by atoms with E-state index in [-0.39, 0.29) is 11.7 Å².